The summed E-state index contributed by atoms with van der Waals surface area (Å²) in [7, 11) is 0. The quantitative estimate of drug-likeness (QED) is 0.465. The number of benzene rings is 1. The van der Waals surface area contributed by atoms with Gasteiger partial charge in [0.1, 0.15) is 5.70 Å². The van der Waals surface area contributed by atoms with E-state index in [9.17, 15) is 9.59 Å². The highest BCUT2D eigenvalue weighted by atomic mass is 32.1. The Morgan fingerprint density at radius 2 is 1.81 bits per heavy atom. The zero-order valence-corrected chi connectivity index (χ0v) is 18.9. The summed E-state index contributed by atoms with van der Waals surface area (Å²) in [5.41, 5.74) is 2.80. The third-order valence-electron chi connectivity index (χ3n) is 5.52. The molecule has 1 aromatic carbocycles. The van der Waals surface area contributed by atoms with Gasteiger partial charge in [0.2, 0.25) is 0 Å². The lowest BCUT2D eigenvalue weighted by Crippen LogP contribution is -2.34. The highest BCUT2D eigenvalue weighted by Crippen LogP contribution is 2.33. The van der Waals surface area contributed by atoms with Gasteiger partial charge in [-0.1, -0.05) is 6.07 Å². The number of carbonyl (C=O) groups is 2. The summed E-state index contributed by atoms with van der Waals surface area (Å²) in [4.78, 5) is 30.8. The van der Waals surface area contributed by atoms with Crippen molar-refractivity contribution in [1.29, 1.82) is 0 Å². The van der Waals surface area contributed by atoms with Gasteiger partial charge in [-0.15, -0.1) is 11.3 Å². The third kappa shape index (κ3) is 4.83. The van der Waals surface area contributed by atoms with Gasteiger partial charge in [-0.25, -0.2) is 0 Å². The molecule has 4 rings (SSSR count). The van der Waals surface area contributed by atoms with Crippen LogP contribution in [0.3, 0.4) is 0 Å². The van der Waals surface area contributed by atoms with Gasteiger partial charge in [0.25, 0.3) is 11.8 Å². The van der Waals surface area contributed by atoms with E-state index in [0.717, 1.165) is 23.7 Å². The summed E-state index contributed by atoms with van der Waals surface area (Å²) < 4.78 is 5.57. The first-order chi connectivity index (χ1) is 15.0. The fourth-order valence-electron chi connectivity index (χ4n) is 3.96. The predicted octanol–water partition coefficient (Wildman–Crippen LogP) is 4.36. The number of ether oxygens (including phenoxy) is 1. The SMILES string of the molecule is CC(C)OCCCN1C(=O)C(Nc2ccc(N3CCCC3)cc2)=C(c2cccs2)C1=O. The molecule has 1 fully saturated rings. The van der Waals surface area contributed by atoms with Crippen LogP contribution in [0.4, 0.5) is 11.4 Å². The van der Waals surface area contributed by atoms with E-state index < -0.39 is 0 Å². The van der Waals surface area contributed by atoms with E-state index in [4.69, 9.17) is 4.74 Å². The summed E-state index contributed by atoms with van der Waals surface area (Å²) >= 11 is 1.46. The van der Waals surface area contributed by atoms with Crippen molar-refractivity contribution in [1.82, 2.24) is 4.90 Å². The molecule has 0 radical (unpaired) electrons. The second-order valence-corrected chi connectivity index (χ2v) is 9.08. The second-order valence-electron chi connectivity index (χ2n) is 8.13. The van der Waals surface area contributed by atoms with Crippen LogP contribution >= 0.6 is 11.3 Å². The molecule has 2 aliphatic heterocycles. The van der Waals surface area contributed by atoms with Gasteiger partial charge < -0.3 is 15.0 Å². The van der Waals surface area contributed by atoms with Crippen molar-refractivity contribution in [2.24, 2.45) is 0 Å². The fourth-order valence-corrected chi connectivity index (χ4v) is 4.73. The number of thiophene rings is 1. The Morgan fingerprint density at radius 3 is 2.45 bits per heavy atom. The molecular formula is C24H29N3O3S. The summed E-state index contributed by atoms with van der Waals surface area (Å²) in [5, 5.41) is 5.16. The molecule has 1 saturated heterocycles. The Labute approximate surface area is 187 Å². The van der Waals surface area contributed by atoms with Gasteiger partial charge in [0, 0.05) is 42.5 Å². The number of hydrogen-bond donors (Lipinski definition) is 1. The molecule has 0 unspecified atom stereocenters. The minimum absolute atomic E-state index is 0.130. The van der Waals surface area contributed by atoms with E-state index in [1.807, 2.05) is 43.5 Å². The van der Waals surface area contributed by atoms with Crippen LogP contribution in [0, 0.1) is 0 Å². The predicted molar refractivity (Wildman–Crippen MR) is 125 cm³/mol. The number of carbonyl (C=O) groups excluding carboxylic acids is 2. The van der Waals surface area contributed by atoms with Gasteiger partial charge in [0.15, 0.2) is 0 Å². The van der Waals surface area contributed by atoms with Crippen LogP contribution < -0.4 is 10.2 Å². The van der Waals surface area contributed by atoms with E-state index in [0.29, 0.717) is 30.8 Å². The Balaban J connectivity index is 1.52. The fraction of sp³-hybridized carbons (Fsp3) is 0.417. The van der Waals surface area contributed by atoms with E-state index in [2.05, 4.69) is 22.3 Å². The van der Waals surface area contributed by atoms with Crippen molar-refractivity contribution in [2.45, 2.75) is 39.2 Å². The lowest BCUT2D eigenvalue weighted by atomic mass is 10.1. The number of imide groups is 1. The Bertz CT molecular complexity index is 945. The van der Waals surface area contributed by atoms with Crippen molar-refractivity contribution in [3.63, 3.8) is 0 Å². The van der Waals surface area contributed by atoms with Crippen molar-refractivity contribution in [3.05, 3.63) is 52.4 Å². The Kier molecular flexibility index (Phi) is 6.73. The molecule has 164 valence electrons. The number of nitrogens with one attached hydrogen (secondary N) is 1. The number of nitrogens with zero attached hydrogens (tertiary/aromatic N) is 2. The highest BCUT2D eigenvalue weighted by molar-refractivity contribution is 7.11. The minimum atomic E-state index is -0.276. The lowest BCUT2D eigenvalue weighted by Gasteiger charge is -2.18. The number of rotatable bonds is 9. The molecule has 2 aliphatic rings. The average Bonchev–Trinajstić information content (AvgIpc) is 3.50. The molecule has 2 amide bonds. The highest BCUT2D eigenvalue weighted by Gasteiger charge is 2.39. The molecule has 0 saturated carbocycles. The van der Waals surface area contributed by atoms with E-state index in [-0.39, 0.29) is 17.9 Å². The van der Waals surface area contributed by atoms with Gasteiger partial charge in [-0.2, -0.15) is 0 Å². The maximum atomic E-state index is 13.2. The van der Waals surface area contributed by atoms with E-state index >= 15 is 0 Å². The standard InChI is InChI=1S/C24H29N3O3S/c1-17(2)30-15-6-14-27-23(28)21(20-7-5-16-31-20)22(24(27)29)25-18-8-10-19(11-9-18)26-12-3-4-13-26/h5,7-11,16-17,25H,3-4,6,12-15H2,1-2H3. The third-order valence-corrected chi connectivity index (χ3v) is 6.41. The molecule has 0 spiro atoms. The minimum Gasteiger partial charge on any atom is -0.379 e. The summed E-state index contributed by atoms with van der Waals surface area (Å²) in [6.45, 7) is 6.98. The molecule has 0 bridgehead atoms. The first-order valence-electron chi connectivity index (χ1n) is 10.9. The summed E-state index contributed by atoms with van der Waals surface area (Å²) in [6.07, 6.45) is 3.20. The van der Waals surface area contributed by atoms with E-state index in [1.165, 1.54) is 34.8 Å². The molecule has 2 aromatic rings. The summed E-state index contributed by atoms with van der Waals surface area (Å²) in [6, 6.07) is 11.9. The molecule has 0 atom stereocenters. The van der Waals surface area contributed by atoms with Crippen LogP contribution in [0.2, 0.25) is 0 Å². The molecule has 1 N–H and O–H groups in total. The zero-order valence-electron chi connectivity index (χ0n) is 18.1. The first kappa shape index (κ1) is 21.6. The van der Waals surface area contributed by atoms with Gasteiger partial charge in [-0.3, -0.25) is 14.5 Å². The van der Waals surface area contributed by atoms with Crippen molar-refractivity contribution >= 4 is 40.1 Å². The smallest absolute Gasteiger partial charge is 0.278 e. The maximum absolute atomic E-state index is 13.2. The molecule has 0 aliphatic carbocycles. The van der Waals surface area contributed by atoms with Crippen LogP contribution in [-0.4, -0.2) is 49.1 Å². The van der Waals surface area contributed by atoms with Gasteiger partial charge >= 0.3 is 0 Å². The normalized spacial score (nSPS) is 16.9. The molecule has 31 heavy (non-hydrogen) atoms. The van der Waals surface area contributed by atoms with Gasteiger partial charge in [0.05, 0.1) is 11.7 Å². The van der Waals surface area contributed by atoms with E-state index in [1.54, 1.807) is 0 Å². The molecule has 3 heterocycles. The first-order valence-corrected chi connectivity index (χ1v) is 11.8. The number of hydrogen-bond acceptors (Lipinski definition) is 6. The average molecular weight is 440 g/mol. The van der Waals surface area contributed by atoms with Crippen LogP contribution in [0.25, 0.3) is 5.57 Å². The molecule has 1 aromatic heterocycles. The number of amides is 2. The molecule has 7 heteroatoms. The zero-order chi connectivity index (χ0) is 21.8. The summed E-state index contributed by atoms with van der Waals surface area (Å²) in [5.74, 6) is -0.519. The van der Waals surface area contributed by atoms with Crippen LogP contribution in [-0.2, 0) is 14.3 Å². The van der Waals surface area contributed by atoms with Crippen molar-refractivity contribution in [3.8, 4) is 0 Å². The Morgan fingerprint density at radius 1 is 1.06 bits per heavy atom. The maximum Gasteiger partial charge on any atom is 0.278 e. The van der Waals surface area contributed by atoms with Crippen LogP contribution in [0.15, 0.2) is 47.5 Å². The molecular weight excluding hydrogens is 410 g/mol. The Hall–Kier alpha value is -2.64. The number of anilines is 2. The second kappa shape index (κ2) is 9.66. The van der Waals surface area contributed by atoms with Crippen molar-refractivity contribution in [2.75, 3.05) is 36.5 Å². The monoisotopic (exact) mass is 439 g/mol. The van der Waals surface area contributed by atoms with Gasteiger partial charge in [-0.05, 0) is 68.8 Å². The van der Waals surface area contributed by atoms with Crippen LogP contribution in [0.1, 0.15) is 38.0 Å². The lowest BCUT2D eigenvalue weighted by molar-refractivity contribution is -0.137. The molecule has 6 nitrogen and oxygen atoms in total. The topological polar surface area (TPSA) is 61.9 Å². The largest absolute Gasteiger partial charge is 0.379 e. The van der Waals surface area contributed by atoms with Crippen LogP contribution in [0.5, 0.6) is 0 Å². The van der Waals surface area contributed by atoms with Crippen molar-refractivity contribution < 1.29 is 14.3 Å².